The molecule has 0 aromatic heterocycles. The molecule has 0 atom stereocenters. The van der Waals surface area contributed by atoms with Crippen LogP contribution < -0.4 is 16.0 Å². The van der Waals surface area contributed by atoms with Crippen molar-refractivity contribution in [3.05, 3.63) is 29.0 Å². The quantitative estimate of drug-likeness (QED) is 0.654. The summed E-state index contributed by atoms with van der Waals surface area (Å²) in [7, 11) is 0. The highest BCUT2D eigenvalue weighted by atomic mass is 35.5. The number of nitrogens with one attached hydrogen (secondary N) is 3. The predicted octanol–water partition coefficient (Wildman–Crippen LogP) is 2.92. The standard InChI is InChI=1S/C16H23ClFN3O3/c1-16(2,3)24-15(23)20-8-4-7-19-14(22)10-21-11-5-6-13(18)12(17)9-11/h5-6,9,21H,4,7-8,10H2,1-3H3,(H,19,22)(H,20,23). The third-order valence-electron chi connectivity index (χ3n) is 2.72. The molecule has 0 saturated heterocycles. The van der Waals surface area contributed by atoms with Crippen LogP contribution in [0.5, 0.6) is 0 Å². The number of hydrogen-bond acceptors (Lipinski definition) is 4. The van der Waals surface area contributed by atoms with Crippen LogP contribution in [0.2, 0.25) is 5.02 Å². The SMILES string of the molecule is CC(C)(C)OC(=O)NCCCNC(=O)CNc1ccc(F)c(Cl)c1. The monoisotopic (exact) mass is 359 g/mol. The van der Waals surface area contributed by atoms with Crippen molar-refractivity contribution in [3.8, 4) is 0 Å². The fourth-order valence-corrected chi connectivity index (χ4v) is 1.85. The van der Waals surface area contributed by atoms with E-state index in [-0.39, 0.29) is 17.5 Å². The molecule has 1 aromatic carbocycles. The summed E-state index contributed by atoms with van der Waals surface area (Å²) in [4.78, 5) is 23.1. The Kier molecular flexibility index (Phi) is 7.78. The first kappa shape index (κ1) is 20.0. The zero-order chi connectivity index (χ0) is 18.2. The van der Waals surface area contributed by atoms with E-state index >= 15 is 0 Å². The van der Waals surface area contributed by atoms with Crippen molar-refractivity contribution in [2.75, 3.05) is 25.0 Å². The van der Waals surface area contributed by atoms with Crippen LogP contribution in [0.25, 0.3) is 0 Å². The van der Waals surface area contributed by atoms with Gasteiger partial charge >= 0.3 is 6.09 Å². The first-order valence-corrected chi connectivity index (χ1v) is 7.97. The summed E-state index contributed by atoms with van der Waals surface area (Å²) in [5.74, 6) is -0.725. The van der Waals surface area contributed by atoms with Gasteiger partial charge < -0.3 is 20.7 Å². The molecule has 0 fully saturated rings. The lowest BCUT2D eigenvalue weighted by Gasteiger charge is -2.19. The smallest absolute Gasteiger partial charge is 0.407 e. The maximum atomic E-state index is 13.0. The molecular weight excluding hydrogens is 337 g/mol. The predicted molar refractivity (Wildman–Crippen MR) is 91.8 cm³/mol. The number of ether oxygens (including phenoxy) is 1. The molecule has 8 heteroatoms. The molecule has 0 bridgehead atoms. The minimum absolute atomic E-state index is 0.00590. The van der Waals surface area contributed by atoms with E-state index in [1.165, 1.54) is 18.2 Å². The van der Waals surface area contributed by atoms with Crippen molar-refractivity contribution < 1.29 is 18.7 Å². The zero-order valence-electron chi connectivity index (χ0n) is 14.0. The number of halogens is 2. The average Bonchev–Trinajstić information content (AvgIpc) is 2.46. The number of benzene rings is 1. The third kappa shape index (κ3) is 8.57. The van der Waals surface area contributed by atoms with Crippen LogP contribution in [0.4, 0.5) is 14.9 Å². The molecule has 1 rings (SSSR count). The highest BCUT2D eigenvalue weighted by Gasteiger charge is 2.15. The van der Waals surface area contributed by atoms with Crippen LogP contribution in [-0.4, -0.2) is 37.2 Å². The maximum Gasteiger partial charge on any atom is 0.407 e. The highest BCUT2D eigenvalue weighted by Crippen LogP contribution is 2.18. The van der Waals surface area contributed by atoms with Gasteiger partial charge in [0.15, 0.2) is 0 Å². The molecule has 0 saturated carbocycles. The molecule has 0 spiro atoms. The van der Waals surface area contributed by atoms with Gasteiger partial charge in [-0.1, -0.05) is 11.6 Å². The number of amides is 2. The molecule has 0 unspecified atom stereocenters. The van der Waals surface area contributed by atoms with Gasteiger partial charge in [0.2, 0.25) is 5.91 Å². The molecule has 0 aliphatic heterocycles. The van der Waals surface area contributed by atoms with E-state index in [2.05, 4.69) is 16.0 Å². The zero-order valence-corrected chi connectivity index (χ0v) is 14.8. The van der Waals surface area contributed by atoms with Gasteiger partial charge in [0, 0.05) is 18.8 Å². The normalized spacial score (nSPS) is 10.9. The molecule has 24 heavy (non-hydrogen) atoms. The lowest BCUT2D eigenvalue weighted by Crippen LogP contribution is -2.35. The Balaban J connectivity index is 2.14. The summed E-state index contributed by atoms with van der Waals surface area (Å²) in [6.45, 7) is 6.22. The summed E-state index contributed by atoms with van der Waals surface area (Å²) in [5, 5.41) is 8.14. The fraction of sp³-hybridized carbons (Fsp3) is 0.500. The Labute approximate surface area is 146 Å². The number of alkyl carbamates (subject to hydrolysis) is 1. The molecule has 0 aliphatic rings. The molecular formula is C16H23ClFN3O3. The Morgan fingerprint density at radius 2 is 1.88 bits per heavy atom. The van der Waals surface area contributed by atoms with E-state index in [0.29, 0.717) is 25.2 Å². The van der Waals surface area contributed by atoms with Gasteiger partial charge in [0.25, 0.3) is 0 Å². The van der Waals surface area contributed by atoms with Crippen LogP contribution in [0.3, 0.4) is 0 Å². The second-order valence-electron chi connectivity index (χ2n) is 6.11. The van der Waals surface area contributed by atoms with E-state index in [4.69, 9.17) is 16.3 Å². The van der Waals surface area contributed by atoms with Crippen LogP contribution in [0.15, 0.2) is 18.2 Å². The fourth-order valence-electron chi connectivity index (χ4n) is 1.67. The van der Waals surface area contributed by atoms with E-state index in [1.807, 2.05) is 0 Å². The van der Waals surface area contributed by atoms with Gasteiger partial charge in [-0.3, -0.25) is 4.79 Å². The van der Waals surface area contributed by atoms with E-state index in [9.17, 15) is 14.0 Å². The molecule has 0 radical (unpaired) electrons. The summed E-state index contributed by atoms with van der Waals surface area (Å²) in [6, 6.07) is 4.14. The van der Waals surface area contributed by atoms with E-state index < -0.39 is 17.5 Å². The lowest BCUT2D eigenvalue weighted by molar-refractivity contribution is -0.119. The number of carbonyl (C=O) groups excluding carboxylic acids is 2. The Morgan fingerprint density at radius 3 is 2.50 bits per heavy atom. The summed E-state index contributed by atoms with van der Waals surface area (Å²) < 4.78 is 18.1. The van der Waals surface area contributed by atoms with Crippen LogP contribution in [0, 0.1) is 5.82 Å². The van der Waals surface area contributed by atoms with Crippen molar-refractivity contribution in [3.63, 3.8) is 0 Å². The molecule has 6 nitrogen and oxygen atoms in total. The topological polar surface area (TPSA) is 79.5 Å². The van der Waals surface area contributed by atoms with Gasteiger partial charge in [0.05, 0.1) is 11.6 Å². The van der Waals surface area contributed by atoms with Gasteiger partial charge in [-0.25, -0.2) is 9.18 Å². The van der Waals surface area contributed by atoms with Crippen molar-refractivity contribution in [1.29, 1.82) is 0 Å². The summed E-state index contributed by atoms with van der Waals surface area (Å²) in [5.41, 5.74) is 0.0240. The molecule has 0 heterocycles. The number of rotatable bonds is 7. The Morgan fingerprint density at radius 1 is 1.21 bits per heavy atom. The number of hydrogen-bond donors (Lipinski definition) is 3. The average molecular weight is 360 g/mol. The van der Waals surface area contributed by atoms with E-state index in [0.717, 1.165) is 0 Å². The Hall–Kier alpha value is -2.02. The van der Waals surface area contributed by atoms with Crippen molar-refractivity contribution >= 4 is 29.3 Å². The molecule has 3 N–H and O–H groups in total. The minimum Gasteiger partial charge on any atom is -0.444 e. The Bertz CT molecular complexity index is 576. The van der Waals surface area contributed by atoms with Crippen molar-refractivity contribution in [2.45, 2.75) is 32.8 Å². The summed E-state index contributed by atoms with van der Waals surface area (Å²) >= 11 is 5.65. The van der Waals surface area contributed by atoms with Gasteiger partial charge in [-0.2, -0.15) is 0 Å². The highest BCUT2D eigenvalue weighted by molar-refractivity contribution is 6.31. The molecule has 2 amide bonds. The first-order chi connectivity index (χ1) is 11.2. The third-order valence-corrected chi connectivity index (χ3v) is 3.01. The van der Waals surface area contributed by atoms with Crippen LogP contribution in [0.1, 0.15) is 27.2 Å². The second kappa shape index (κ2) is 9.32. The number of anilines is 1. The van der Waals surface area contributed by atoms with Gasteiger partial charge in [-0.15, -0.1) is 0 Å². The minimum atomic E-state index is -0.535. The van der Waals surface area contributed by atoms with Crippen LogP contribution >= 0.6 is 11.6 Å². The van der Waals surface area contributed by atoms with Gasteiger partial charge in [0.1, 0.15) is 11.4 Å². The van der Waals surface area contributed by atoms with Crippen LogP contribution in [-0.2, 0) is 9.53 Å². The van der Waals surface area contributed by atoms with Crippen molar-refractivity contribution in [1.82, 2.24) is 10.6 Å². The molecule has 134 valence electrons. The van der Waals surface area contributed by atoms with E-state index in [1.54, 1.807) is 20.8 Å². The molecule has 1 aromatic rings. The second-order valence-corrected chi connectivity index (χ2v) is 6.52. The van der Waals surface area contributed by atoms with Gasteiger partial charge in [-0.05, 0) is 45.4 Å². The lowest BCUT2D eigenvalue weighted by atomic mass is 10.2. The van der Waals surface area contributed by atoms with Crippen molar-refractivity contribution in [2.24, 2.45) is 0 Å². The maximum absolute atomic E-state index is 13.0. The number of carbonyl (C=O) groups is 2. The summed E-state index contributed by atoms with van der Waals surface area (Å²) in [6.07, 6.45) is 0.0940. The first-order valence-electron chi connectivity index (χ1n) is 7.60. The largest absolute Gasteiger partial charge is 0.444 e. The molecule has 0 aliphatic carbocycles.